The van der Waals surface area contributed by atoms with E-state index >= 15 is 0 Å². The van der Waals surface area contributed by atoms with Crippen molar-refractivity contribution in [2.24, 2.45) is 5.73 Å². The summed E-state index contributed by atoms with van der Waals surface area (Å²) in [6, 6.07) is 6.46. The molecular formula is C24H35N5O2. The van der Waals surface area contributed by atoms with Crippen molar-refractivity contribution in [1.82, 2.24) is 14.8 Å². The van der Waals surface area contributed by atoms with Crippen molar-refractivity contribution < 1.29 is 9.90 Å². The number of fused-ring (bicyclic) bond motifs is 1. The number of aromatic nitrogens is 1. The fraction of sp³-hybridized carbons (Fsp3) is 0.542. The maximum atomic E-state index is 11.8. The molecule has 2 fully saturated rings. The van der Waals surface area contributed by atoms with E-state index in [-0.39, 0.29) is 11.9 Å². The number of likely N-dealkylation sites (tertiary alicyclic amines) is 2. The molecule has 0 bridgehead atoms. The van der Waals surface area contributed by atoms with E-state index in [0.717, 1.165) is 48.1 Å². The molecule has 2 saturated heterocycles. The smallest absolute Gasteiger partial charge is 0.246 e. The first-order valence-corrected chi connectivity index (χ1v) is 11.4. The second-order valence-electron chi connectivity index (χ2n) is 8.96. The first-order chi connectivity index (χ1) is 14.9. The lowest BCUT2D eigenvalue weighted by Gasteiger charge is -2.44. The van der Waals surface area contributed by atoms with Crippen LogP contribution in [0.15, 0.2) is 30.9 Å². The monoisotopic (exact) mass is 425 g/mol. The summed E-state index contributed by atoms with van der Waals surface area (Å²) in [7, 11) is 2.07. The van der Waals surface area contributed by atoms with Crippen molar-refractivity contribution >= 4 is 22.5 Å². The van der Waals surface area contributed by atoms with Gasteiger partial charge in [-0.05, 0) is 57.1 Å². The van der Waals surface area contributed by atoms with Gasteiger partial charge in [0.15, 0.2) is 0 Å². The predicted octanol–water partition coefficient (Wildman–Crippen LogP) is 2.54. The normalized spacial score (nSPS) is 19.4. The molecule has 0 aliphatic carbocycles. The number of anilines is 1. The highest BCUT2D eigenvalue weighted by molar-refractivity contribution is 5.96. The van der Waals surface area contributed by atoms with Crippen LogP contribution in [0.25, 0.3) is 10.9 Å². The Morgan fingerprint density at radius 1 is 1.39 bits per heavy atom. The molecule has 7 heteroatoms. The Kier molecular flexibility index (Phi) is 6.36. The number of aliphatic hydroxyl groups excluding tert-OH is 1. The van der Waals surface area contributed by atoms with E-state index in [4.69, 9.17) is 5.73 Å². The zero-order valence-corrected chi connectivity index (χ0v) is 18.7. The Morgan fingerprint density at radius 3 is 2.71 bits per heavy atom. The van der Waals surface area contributed by atoms with Gasteiger partial charge in [0.25, 0.3) is 0 Å². The molecule has 31 heavy (non-hydrogen) atoms. The third-order valence-corrected chi connectivity index (χ3v) is 6.99. The van der Waals surface area contributed by atoms with Gasteiger partial charge in [-0.15, -0.1) is 0 Å². The molecule has 2 aromatic rings. The molecule has 1 unspecified atom stereocenters. The molecule has 0 spiro atoms. The first kappa shape index (κ1) is 21.9. The number of aliphatic hydroxyl groups is 1. The van der Waals surface area contributed by atoms with Gasteiger partial charge in [-0.1, -0.05) is 19.6 Å². The van der Waals surface area contributed by atoms with Crippen molar-refractivity contribution in [1.29, 1.82) is 0 Å². The van der Waals surface area contributed by atoms with Gasteiger partial charge in [0.05, 0.1) is 11.6 Å². The lowest BCUT2D eigenvalue weighted by molar-refractivity contribution is -0.130. The lowest BCUT2D eigenvalue weighted by Crippen LogP contribution is -2.60. The van der Waals surface area contributed by atoms with Crippen LogP contribution in [-0.2, 0) is 4.79 Å². The van der Waals surface area contributed by atoms with Crippen molar-refractivity contribution in [2.45, 2.75) is 44.4 Å². The SMILES string of the molecule is C=CC(=O)N1CC(N(C)c2ccc(C(N)O)c3[nH]c(C4CCN(CCC)CC4)cc23)C1. The molecule has 4 N–H and O–H groups in total. The number of nitrogens with zero attached hydrogens (tertiary/aromatic N) is 3. The van der Waals surface area contributed by atoms with Crippen LogP contribution in [0.4, 0.5) is 5.69 Å². The summed E-state index contributed by atoms with van der Waals surface area (Å²) in [4.78, 5) is 22.0. The largest absolute Gasteiger partial charge is 0.374 e. The van der Waals surface area contributed by atoms with Gasteiger partial charge in [0.2, 0.25) is 5.91 Å². The van der Waals surface area contributed by atoms with Gasteiger partial charge in [-0.2, -0.15) is 0 Å². The number of rotatable bonds is 7. The van der Waals surface area contributed by atoms with Gasteiger partial charge in [-0.3, -0.25) is 4.79 Å². The third kappa shape index (κ3) is 4.22. The van der Waals surface area contributed by atoms with Gasteiger partial charge < -0.3 is 30.5 Å². The van der Waals surface area contributed by atoms with Crippen molar-refractivity contribution in [3.05, 3.63) is 42.1 Å². The van der Waals surface area contributed by atoms with E-state index in [0.29, 0.717) is 19.0 Å². The molecule has 2 aliphatic heterocycles. The number of amides is 1. The van der Waals surface area contributed by atoms with Gasteiger partial charge in [0, 0.05) is 48.4 Å². The summed E-state index contributed by atoms with van der Waals surface area (Å²) in [6.45, 7) is 10.6. The van der Waals surface area contributed by atoms with Gasteiger partial charge in [0.1, 0.15) is 6.23 Å². The molecule has 168 valence electrons. The Hall–Kier alpha value is -2.35. The molecular weight excluding hydrogens is 390 g/mol. The molecule has 1 amide bonds. The van der Waals surface area contributed by atoms with Crippen LogP contribution in [0, 0.1) is 0 Å². The molecule has 7 nitrogen and oxygen atoms in total. The van der Waals surface area contributed by atoms with E-state index in [1.807, 2.05) is 12.1 Å². The highest BCUT2D eigenvalue weighted by Crippen LogP contribution is 2.37. The summed E-state index contributed by atoms with van der Waals surface area (Å²) in [5.74, 6) is 0.473. The van der Waals surface area contributed by atoms with Crippen LogP contribution in [0.2, 0.25) is 0 Å². The second-order valence-corrected chi connectivity index (χ2v) is 8.96. The number of nitrogens with two attached hydrogens (primary N) is 1. The van der Waals surface area contributed by atoms with Gasteiger partial charge in [-0.25, -0.2) is 0 Å². The Morgan fingerprint density at radius 2 is 2.10 bits per heavy atom. The van der Waals surface area contributed by atoms with Crippen molar-refractivity contribution in [3.63, 3.8) is 0 Å². The lowest BCUT2D eigenvalue weighted by atomic mass is 9.93. The van der Waals surface area contributed by atoms with Crippen LogP contribution in [0.1, 0.15) is 49.6 Å². The van der Waals surface area contributed by atoms with Crippen LogP contribution < -0.4 is 10.6 Å². The number of carbonyl (C=O) groups excluding carboxylic acids is 1. The van der Waals surface area contributed by atoms with E-state index in [1.54, 1.807) is 4.90 Å². The van der Waals surface area contributed by atoms with E-state index in [2.05, 4.69) is 41.4 Å². The number of likely N-dealkylation sites (N-methyl/N-ethyl adjacent to an activating group) is 1. The van der Waals surface area contributed by atoms with E-state index < -0.39 is 6.23 Å². The molecule has 1 aromatic carbocycles. The quantitative estimate of drug-likeness (QED) is 0.469. The molecule has 2 aliphatic rings. The van der Waals surface area contributed by atoms with Crippen LogP contribution >= 0.6 is 0 Å². The minimum Gasteiger partial charge on any atom is -0.374 e. The highest BCUT2D eigenvalue weighted by atomic mass is 16.3. The predicted molar refractivity (Wildman–Crippen MR) is 125 cm³/mol. The summed E-state index contributed by atoms with van der Waals surface area (Å²) in [5, 5.41) is 11.2. The fourth-order valence-corrected chi connectivity index (χ4v) is 5.01. The Bertz CT molecular complexity index is 939. The summed E-state index contributed by atoms with van der Waals surface area (Å²) in [6.07, 6.45) is 3.82. The molecule has 0 saturated carbocycles. The first-order valence-electron chi connectivity index (χ1n) is 11.4. The van der Waals surface area contributed by atoms with Crippen LogP contribution in [0.3, 0.4) is 0 Å². The van der Waals surface area contributed by atoms with Crippen LogP contribution in [-0.4, -0.2) is 71.6 Å². The van der Waals surface area contributed by atoms with Crippen molar-refractivity contribution in [2.75, 3.05) is 44.7 Å². The third-order valence-electron chi connectivity index (χ3n) is 6.99. The number of nitrogens with one attached hydrogen (secondary N) is 1. The molecule has 1 aromatic heterocycles. The zero-order valence-electron chi connectivity index (χ0n) is 18.7. The Balaban J connectivity index is 1.59. The number of hydrogen-bond acceptors (Lipinski definition) is 5. The number of H-pyrrole nitrogens is 1. The molecule has 3 heterocycles. The zero-order chi connectivity index (χ0) is 22.1. The number of piperidine rings is 1. The topological polar surface area (TPSA) is 88.8 Å². The minimum absolute atomic E-state index is 0.0188. The minimum atomic E-state index is -1.02. The maximum absolute atomic E-state index is 11.8. The second kappa shape index (κ2) is 9.02. The molecule has 4 rings (SSSR count). The van der Waals surface area contributed by atoms with E-state index in [1.165, 1.54) is 24.7 Å². The average molecular weight is 426 g/mol. The fourth-order valence-electron chi connectivity index (χ4n) is 5.01. The average Bonchev–Trinajstić information content (AvgIpc) is 3.17. The number of hydrogen-bond donors (Lipinski definition) is 3. The maximum Gasteiger partial charge on any atom is 0.246 e. The summed E-state index contributed by atoms with van der Waals surface area (Å²) >= 11 is 0. The van der Waals surface area contributed by atoms with Crippen LogP contribution in [0.5, 0.6) is 0 Å². The van der Waals surface area contributed by atoms with Crippen molar-refractivity contribution in [3.8, 4) is 0 Å². The number of aromatic amines is 1. The number of carbonyl (C=O) groups is 1. The highest BCUT2D eigenvalue weighted by Gasteiger charge is 2.33. The standard InChI is InChI=1S/C24H35N5O2/c1-4-10-28-11-8-16(9-12-28)20-13-19-21(7-6-18(24(25)31)23(19)26-20)27(3)17-14-29(15-17)22(30)5-2/h5-7,13,16-17,24,26,31H,2,4,8-12,14-15,25H2,1,3H3. The summed E-state index contributed by atoms with van der Waals surface area (Å²) in [5.41, 5.74) is 9.84. The van der Waals surface area contributed by atoms with E-state index in [9.17, 15) is 9.90 Å². The Labute approximate surface area is 184 Å². The summed E-state index contributed by atoms with van der Waals surface area (Å²) < 4.78 is 0. The van der Waals surface area contributed by atoms with Gasteiger partial charge >= 0.3 is 0 Å². The number of benzene rings is 1. The molecule has 0 radical (unpaired) electrons. The molecule has 1 atom stereocenters.